The summed E-state index contributed by atoms with van der Waals surface area (Å²) < 4.78 is 13.1. The molecule has 0 aliphatic rings. The van der Waals surface area contributed by atoms with Gasteiger partial charge in [-0.15, -0.1) is 0 Å². The minimum Gasteiger partial charge on any atom is -0.479 e. The Hall–Kier alpha value is -2.69. The molecule has 0 fully saturated rings. The SMILES string of the molecule is CCc1ccccc1CC(=O)NC(C)(C(=O)O)c1ccc(F)cc1. The van der Waals surface area contributed by atoms with E-state index in [1.807, 2.05) is 31.2 Å². The number of benzene rings is 2. The molecule has 0 aromatic heterocycles. The van der Waals surface area contributed by atoms with E-state index in [0.717, 1.165) is 17.5 Å². The van der Waals surface area contributed by atoms with Crippen LogP contribution in [0.15, 0.2) is 48.5 Å². The van der Waals surface area contributed by atoms with Gasteiger partial charge in [0, 0.05) is 0 Å². The van der Waals surface area contributed by atoms with Crippen LogP contribution in [0.1, 0.15) is 30.5 Å². The largest absolute Gasteiger partial charge is 0.479 e. The summed E-state index contributed by atoms with van der Waals surface area (Å²) in [6.07, 6.45) is 0.881. The van der Waals surface area contributed by atoms with Gasteiger partial charge < -0.3 is 10.4 Å². The molecular weight excluding hydrogens is 309 g/mol. The molecule has 2 rings (SSSR count). The van der Waals surface area contributed by atoms with E-state index in [9.17, 15) is 19.1 Å². The fourth-order valence-electron chi connectivity index (χ4n) is 2.60. The maximum absolute atomic E-state index is 13.1. The van der Waals surface area contributed by atoms with Crippen molar-refractivity contribution in [2.24, 2.45) is 0 Å². The summed E-state index contributed by atoms with van der Waals surface area (Å²) in [6.45, 7) is 3.39. The van der Waals surface area contributed by atoms with Crippen LogP contribution in [0.4, 0.5) is 4.39 Å². The number of amides is 1. The number of aliphatic carboxylic acids is 1. The van der Waals surface area contributed by atoms with Crippen LogP contribution in [-0.2, 0) is 28.0 Å². The van der Waals surface area contributed by atoms with Crippen molar-refractivity contribution in [3.05, 3.63) is 71.0 Å². The molecule has 0 saturated carbocycles. The van der Waals surface area contributed by atoms with Crippen molar-refractivity contribution in [1.82, 2.24) is 5.32 Å². The van der Waals surface area contributed by atoms with Crippen molar-refractivity contribution in [2.75, 3.05) is 0 Å². The van der Waals surface area contributed by atoms with E-state index >= 15 is 0 Å². The van der Waals surface area contributed by atoms with Gasteiger partial charge in [-0.2, -0.15) is 0 Å². The zero-order chi connectivity index (χ0) is 17.7. The number of carbonyl (C=O) groups excluding carboxylic acids is 1. The summed E-state index contributed by atoms with van der Waals surface area (Å²) in [5.74, 6) is -2.06. The molecule has 2 aromatic carbocycles. The monoisotopic (exact) mass is 329 g/mol. The molecule has 4 nitrogen and oxygen atoms in total. The Balaban J connectivity index is 2.23. The van der Waals surface area contributed by atoms with Gasteiger partial charge in [0.05, 0.1) is 6.42 Å². The molecule has 1 unspecified atom stereocenters. The summed E-state index contributed by atoms with van der Waals surface area (Å²) >= 11 is 0. The predicted molar refractivity (Wildman–Crippen MR) is 89.1 cm³/mol. The molecule has 0 aliphatic heterocycles. The maximum Gasteiger partial charge on any atom is 0.333 e. The van der Waals surface area contributed by atoms with Crippen LogP contribution >= 0.6 is 0 Å². The van der Waals surface area contributed by atoms with Crippen LogP contribution in [0.2, 0.25) is 0 Å². The fourth-order valence-corrected chi connectivity index (χ4v) is 2.60. The Morgan fingerprint density at radius 1 is 1.08 bits per heavy atom. The lowest BCUT2D eigenvalue weighted by molar-refractivity contribution is -0.147. The van der Waals surface area contributed by atoms with Crippen molar-refractivity contribution < 1.29 is 19.1 Å². The number of hydrogen-bond acceptors (Lipinski definition) is 2. The van der Waals surface area contributed by atoms with Crippen LogP contribution in [0.5, 0.6) is 0 Å². The first kappa shape index (κ1) is 17.7. The summed E-state index contributed by atoms with van der Waals surface area (Å²) in [7, 11) is 0. The first-order valence-corrected chi connectivity index (χ1v) is 7.74. The van der Waals surface area contributed by atoms with Crippen molar-refractivity contribution in [3.8, 4) is 0 Å². The number of halogens is 1. The Kier molecular flexibility index (Phi) is 5.34. The molecule has 0 heterocycles. The third kappa shape index (κ3) is 3.79. The molecule has 5 heteroatoms. The number of carboxylic acid groups (broad SMARTS) is 1. The summed E-state index contributed by atoms with van der Waals surface area (Å²) in [4.78, 5) is 24.1. The standard InChI is InChI=1S/C19H20FNO3/c1-3-13-6-4-5-7-14(13)12-17(22)21-19(2,18(23)24)15-8-10-16(20)11-9-15/h4-11H,3,12H2,1-2H3,(H,21,22)(H,23,24). The Labute approximate surface area is 140 Å². The van der Waals surface area contributed by atoms with Crippen LogP contribution in [0, 0.1) is 5.82 Å². The third-order valence-electron chi connectivity index (χ3n) is 4.09. The zero-order valence-electron chi connectivity index (χ0n) is 13.7. The molecule has 1 amide bonds. The second-order valence-corrected chi connectivity index (χ2v) is 5.78. The molecule has 1 atom stereocenters. The average molecular weight is 329 g/mol. The van der Waals surface area contributed by atoms with Crippen LogP contribution < -0.4 is 5.32 Å². The van der Waals surface area contributed by atoms with Gasteiger partial charge in [0.25, 0.3) is 0 Å². The van der Waals surface area contributed by atoms with Gasteiger partial charge in [-0.3, -0.25) is 4.79 Å². The van der Waals surface area contributed by atoms with Gasteiger partial charge in [0.15, 0.2) is 5.54 Å². The first-order chi connectivity index (χ1) is 11.4. The van der Waals surface area contributed by atoms with E-state index in [2.05, 4.69) is 5.32 Å². The predicted octanol–water partition coefficient (Wildman–Crippen LogP) is 3.05. The summed E-state index contributed by atoms with van der Waals surface area (Å²) in [5.41, 5.74) is 0.607. The van der Waals surface area contributed by atoms with E-state index in [1.54, 1.807) is 0 Å². The average Bonchev–Trinajstić information content (AvgIpc) is 2.55. The molecule has 0 saturated heterocycles. The highest BCUT2D eigenvalue weighted by molar-refractivity contribution is 5.88. The van der Waals surface area contributed by atoms with E-state index in [4.69, 9.17) is 0 Å². The van der Waals surface area contributed by atoms with Gasteiger partial charge >= 0.3 is 5.97 Å². The van der Waals surface area contributed by atoms with E-state index in [0.29, 0.717) is 5.56 Å². The normalized spacial score (nSPS) is 13.1. The van der Waals surface area contributed by atoms with Crippen LogP contribution in [-0.4, -0.2) is 17.0 Å². The van der Waals surface area contributed by atoms with E-state index < -0.39 is 23.2 Å². The number of carbonyl (C=O) groups is 2. The molecule has 0 spiro atoms. The number of rotatable bonds is 6. The van der Waals surface area contributed by atoms with E-state index in [-0.39, 0.29) is 6.42 Å². The Bertz CT molecular complexity index is 743. The number of carboxylic acids is 1. The van der Waals surface area contributed by atoms with Crippen LogP contribution in [0.25, 0.3) is 0 Å². The second-order valence-electron chi connectivity index (χ2n) is 5.78. The highest BCUT2D eigenvalue weighted by Crippen LogP contribution is 2.22. The first-order valence-electron chi connectivity index (χ1n) is 7.74. The van der Waals surface area contributed by atoms with Gasteiger partial charge in [-0.25, -0.2) is 9.18 Å². The molecule has 0 radical (unpaired) electrons. The quantitative estimate of drug-likeness (QED) is 0.856. The third-order valence-corrected chi connectivity index (χ3v) is 4.09. The van der Waals surface area contributed by atoms with Crippen molar-refractivity contribution in [2.45, 2.75) is 32.2 Å². The highest BCUT2D eigenvalue weighted by atomic mass is 19.1. The van der Waals surface area contributed by atoms with Gasteiger partial charge in [-0.05, 0) is 42.2 Å². The van der Waals surface area contributed by atoms with Gasteiger partial charge in [0.1, 0.15) is 5.82 Å². The lowest BCUT2D eigenvalue weighted by atomic mass is 9.91. The van der Waals surface area contributed by atoms with Crippen LogP contribution in [0.3, 0.4) is 0 Å². The van der Waals surface area contributed by atoms with E-state index in [1.165, 1.54) is 31.2 Å². The number of nitrogens with one attached hydrogen (secondary N) is 1. The summed E-state index contributed by atoms with van der Waals surface area (Å²) in [6, 6.07) is 12.6. The smallest absolute Gasteiger partial charge is 0.333 e. The maximum atomic E-state index is 13.1. The number of aryl methyl sites for hydroxylation is 1. The molecule has 126 valence electrons. The molecule has 0 aliphatic carbocycles. The topological polar surface area (TPSA) is 66.4 Å². The fraction of sp³-hybridized carbons (Fsp3) is 0.263. The summed E-state index contributed by atoms with van der Waals surface area (Å²) in [5, 5.41) is 12.1. The Morgan fingerprint density at radius 3 is 2.21 bits per heavy atom. The lowest BCUT2D eigenvalue weighted by Crippen LogP contribution is -2.50. The lowest BCUT2D eigenvalue weighted by Gasteiger charge is -2.27. The highest BCUT2D eigenvalue weighted by Gasteiger charge is 2.36. The zero-order valence-corrected chi connectivity index (χ0v) is 13.7. The van der Waals surface area contributed by atoms with Crippen molar-refractivity contribution in [1.29, 1.82) is 0 Å². The minimum absolute atomic E-state index is 0.0913. The van der Waals surface area contributed by atoms with Crippen molar-refractivity contribution >= 4 is 11.9 Å². The van der Waals surface area contributed by atoms with Crippen molar-refractivity contribution in [3.63, 3.8) is 0 Å². The van der Waals surface area contributed by atoms with Gasteiger partial charge in [0.2, 0.25) is 5.91 Å². The minimum atomic E-state index is -1.62. The molecule has 2 N–H and O–H groups in total. The molecular formula is C19H20FNO3. The molecule has 0 bridgehead atoms. The molecule has 2 aromatic rings. The number of hydrogen-bond donors (Lipinski definition) is 2. The Morgan fingerprint density at radius 2 is 1.67 bits per heavy atom. The van der Waals surface area contributed by atoms with Gasteiger partial charge in [-0.1, -0.05) is 43.3 Å². The second kappa shape index (κ2) is 7.25. The molecule has 24 heavy (non-hydrogen) atoms.